The maximum Gasteiger partial charge on any atom is 0.0468 e. The predicted octanol–water partition coefficient (Wildman–Crippen LogP) is 8.39. The van der Waals surface area contributed by atoms with Crippen LogP contribution in [0.1, 0.15) is 16.7 Å². The summed E-state index contributed by atoms with van der Waals surface area (Å²) in [7, 11) is 0. The zero-order valence-corrected chi connectivity index (χ0v) is 17.7. The minimum absolute atomic E-state index is 1.17. The minimum Gasteiger partial charge on any atom is -0.310 e. The zero-order valence-electron chi connectivity index (χ0n) is 17.7. The van der Waals surface area contributed by atoms with E-state index < -0.39 is 0 Å². The molecule has 0 N–H and O–H groups in total. The fraction of sp³-hybridized carbons (Fsp3) is 0.103. The van der Waals surface area contributed by atoms with Gasteiger partial charge in [-0.25, -0.2) is 0 Å². The molecule has 0 fully saturated rings. The molecule has 1 nitrogen and oxygen atoms in total. The Kier molecular flexibility index (Phi) is 4.52. The molecule has 5 rings (SSSR count). The molecule has 146 valence electrons. The Bertz CT molecular complexity index is 1300. The SMILES string of the molecule is Cc1ccc(N(c2ccc(C)cc2)c2ccc3c(c2)c(C)cc2ccccc23)cc1. The van der Waals surface area contributed by atoms with Gasteiger partial charge in [-0.05, 0) is 84.3 Å². The third-order valence-corrected chi connectivity index (χ3v) is 5.89. The van der Waals surface area contributed by atoms with Crippen LogP contribution >= 0.6 is 0 Å². The van der Waals surface area contributed by atoms with E-state index >= 15 is 0 Å². The van der Waals surface area contributed by atoms with Crippen molar-refractivity contribution in [2.75, 3.05) is 4.90 Å². The second-order valence-corrected chi connectivity index (χ2v) is 8.15. The van der Waals surface area contributed by atoms with Gasteiger partial charge < -0.3 is 4.90 Å². The standard InChI is InChI=1S/C29H25N/c1-20-8-12-24(13-9-20)30(25-14-10-21(2)11-15-25)26-16-17-28-27-7-5-4-6-23(27)18-22(3)29(28)19-26/h4-19H,1-3H3. The number of fused-ring (bicyclic) bond motifs is 3. The van der Waals surface area contributed by atoms with Gasteiger partial charge in [0.05, 0.1) is 0 Å². The van der Waals surface area contributed by atoms with Crippen LogP contribution in [-0.4, -0.2) is 0 Å². The summed E-state index contributed by atoms with van der Waals surface area (Å²) in [4.78, 5) is 2.34. The van der Waals surface area contributed by atoms with Gasteiger partial charge in [-0.15, -0.1) is 0 Å². The van der Waals surface area contributed by atoms with Gasteiger partial charge in [0.1, 0.15) is 0 Å². The normalized spacial score (nSPS) is 11.2. The predicted molar refractivity (Wildman–Crippen MR) is 130 cm³/mol. The van der Waals surface area contributed by atoms with Crippen molar-refractivity contribution in [1.82, 2.24) is 0 Å². The van der Waals surface area contributed by atoms with Crippen molar-refractivity contribution in [3.8, 4) is 0 Å². The molecular weight excluding hydrogens is 362 g/mol. The quantitative estimate of drug-likeness (QED) is 0.281. The van der Waals surface area contributed by atoms with Crippen molar-refractivity contribution in [2.24, 2.45) is 0 Å². The first-order valence-electron chi connectivity index (χ1n) is 10.5. The molecule has 5 aromatic rings. The third-order valence-electron chi connectivity index (χ3n) is 5.89. The lowest BCUT2D eigenvalue weighted by molar-refractivity contribution is 1.27. The van der Waals surface area contributed by atoms with E-state index in [1.165, 1.54) is 55.3 Å². The molecule has 1 heteroatoms. The van der Waals surface area contributed by atoms with E-state index in [1.807, 2.05) is 0 Å². The lowest BCUT2D eigenvalue weighted by atomic mass is 9.97. The largest absolute Gasteiger partial charge is 0.310 e. The number of nitrogens with zero attached hydrogens (tertiary/aromatic N) is 1. The smallest absolute Gasteiger partial charge is 0.0468 e. The molecule has 0 unspecified atom stereocenters. The van der Waals surface area contributed by atoms with Crippen molar-refractivity contribution in [3.05, 3.63) is 114 Å². The van der Waals surface area contributed by atoms with Gasteiger partial charge in [0, 0.05) is 17.1 Å². The van der Waals surface area contributed by atoms with E-state index in [2.05, 4.69) is 123 Å². The van der Waals surface area contributed by atoms with Crippen molar-refractivity contribution < 1.29 is 0 Å². The summed E-state index contributed by atoms with van der Waals surface area (Å²) in [6, 6.07) is 35.3. The molecule has 0 heterocycles. The number of hydrogen-bond donors (Lipinski definition) is 0. The van der Waals surface area contributed by atoms with Crippen LogP contribution in [0.15, 0.2) is 97.1 Å². The Labute approximate surface area is 178 Å². The van der Waals surface area contributed by atoms with E-state index in [4.69, 9.17) is 0 Å². The highest BCUT2D eigenvalue weighted by molar-refractivity contribution is 6.10. The Morgan fingerprint density at radius 2 is 1.03 bits per heavy atom. The molecule has 0 atom stereocenters. The zero-order chi connectivity index (χ0) is 20.7. The molecule has 0 aliphatic carbocycles. The second-order valence-electron chi connectivity index (χ2n) is 8.15. The highest BCUT2D eigenvalue weighted by atomic mass is 15.1. The van der Waals surface area contributed by atoms with Gasteiger partial charge in [-0.2, -0.15) is 0 Å². The second kappa shape index (κ2) is 7.35. The van der Waals surface area contributed by atoms with Crippen LogP contribution in [0, 0.1) is 20.8 Å². The molecule has 0 spiro atoms. The summed E-state index contributed by atoms with van der Waals surface area (Å²) in [5.74, 6) is 0. The molecule has 0 saturated heterocycles. The number of hydrogen-bond acceptors (Lipinski definition) is 1. The number of anilines is 3. The van der Waals surface area contributed by atoms with Gasteiger partial charge in [0.2, 0.25) is 0 Å². The van der Waals surface area contributed by atoms with Crippen LogP contribution in [-0.2, 0) is 0 Å². The van der Waals surface area contributed by atoms with Gasteiger partial charge in [-0.3, -0.25) is 0 Å². The Hall–Kier alpha value is -3.58. The highest BCUT2D eigenvalue weighted by Gasteiger charge is 2.14. The summed E-state index contributed by atoms with van der Waals surface area (Å²) >= 11 is 0. The molecule has 0 aliphatic heterocycles. The molecule has 30 heavy (non-hydrogen) atoms. The van der Waals surface area contributed by atoms with Gasteiger partial charge in [0.15, 0.2) is 0 Å². The van der Waals surface area contributed by atoms with E-state index in [9.17, 15) is 0 Å². The van der Waals surface area contributed by atoms with Crippen LogP contribution in [0.2, 0.25) is 0 Å². The van der Waals surface area contributed by atoms with Gasteiger partial charge in [-0.1, -0.05) is 71.8 Å². The molecule has 0 radical (unpaired) electrons. The summed E-state index contributed by atoms with van der Waals surface area (Å²) in [6.07, 6.45) is 0. The van der Waals surface area contributed by atoms with E-state index in [0.717, 1.165) is 0 Å². The molecule has 0 saturated carbocycles. The Balaban J connectivity index is 1.74. The van der Waals surface area contributed by atoms with Crippen LogP contribution in [0.3, 0.4) is 0 Å². The van der Waals surface area contributed by atoms with Crippen molar-refractivity contribution in [3.63, 3.8) is 0 Å². The van der Waals surface area contributed by atoms with Crippen molar-refractivity contribution in [2.45, 2.75) is 20.8 Å². The van der Waals surface area contributed by atoms with Crippen molar-refractivity contribution in [1.29, 1.82) is 0 Å². The average molecular weight is 388 g/mol. The Morgan fingerprint density at radius 1 is 0.467 bits per heavy atom. The first kappa shape index (κ1) is 18.4. The van der Waals surface area contributed by atoms with Crippen LogP contribution in [0.5, 0.6) is 0 Å². The first-order chi connectivity index (χ1) is 14.6. The molecular formula is C29H25N. The monoisotopic (exact) mass is 387 g/mol. The maximum atomic E-state index is 2.34. The molecule has 0 aromatic heterocycles. The lowest BCUT2D eigenvalue weighted by Crippen LogP contribution is -2.10. The van der Waals surface area contributed by atoms with Crippen molar-refractivity contribution >= 4 is 38.6 Å². The van der Waals surface area contributed by atoms with Gasteiger partial charge >= 0.3 is 0 Å². The van der Waals surface area contributed by atoms with E-state index in [-0.39, 0.29) is 0 Å². The van der Waals surface area contributed by atoms with Gasteiger partial charge in [0.25, 0.3) is 0 Å². The number of rotatable bonds is 3. The summed E-state index contributed by atoms with van der Waals surface area (Å²) in [5.41, 5.74) is 7.35. The first-order valence-corrected chi connectivity index (χ1v) is 10.5. The highest BCUT2D eigenvalue weighted by Crippen LogP contribution is 2.38. The minimum atomic E-state index is 1.17. The fourth-order valence-corrected chi connectivity index (χ4v) is 4.25. The Morgan fingerprint density at radius 3 is 1.67 bits per heavy atom. The lowest BCUT2D eigenvalue weighted by Gasteiger charge is -2.26. The summed E-state index contributed by atoms with van der Waals surface area (Å²) < 4.78 is 0. The van der Waals surface area contributed by atoms with Crippen LogP contribution in [0.4, 0.5) is 17.1 Å². The number of aryl methyl sites for hydroxylation is 3. The third kappa shape index (κ3) is 3.23. The number of benzene rings is 5. The summed E-state index contributed by atoms with van der Waals surface area (Å²) in [5, 5.41) is 5.21. The van der Waals surface area contributed by atoms with Crippen LogP contribution in [0.25, 0.3) is 21.5 Å². The van der Waals surface area contributed by atoms with E-state index in [1.54, 1.807) is 0 Å². The molecule has 0 amide bonds. The van der Waals surface area contributed by atoms with E-state index in [0.29, 0.717) is 0 Å². The molecule has 0 bridgehead atoms. The fourth-order valence-electron chi connectivity index (χ4n) is 4.25. The average Bonchev–Trinajstić information content (AvgIpc) is 2.77. The summed E-state index contributed by atoms with van der Waals surface area (Å²) in [6.45, 7) is 6.47. The molecule has 5 aromatic carbocycles. The topological polar surface area (TPSA) is 3.24 Å². The maximum absolute atomic E-state index is 2.34. The molecule has 0 aliphatic rings. The van der Waals surface area contributed by atoms with Crippen LogP contribution < -0.4 is 4.90 Å².